The molecule has 0 unspecified atom stereocenters. The molecule has 0 spiro atoms. The Labute approximate surface area is 180 Å². The second-order valence-corrected chi connectivity index (χ2v) is 7.81. The minimum atomic E-state index is -0.610. The van der Waals surface area contributed by atoms with Gasteiger partial charge in [0, 0.05) is 25.5 Å². The Balaban J connectivity index is 1.62. The number of ether oxygens (including phenoxy) is 1. The predicted molar refractivity (Wildman–Crippen MR) is 112 cm³/mol. The molecule has 1 aliphatic carbocycles. The summed E-state index contributed by atoms with van der Waals surface area (Å²) in [5.74, 6) is -0.0102. The maximum Gasteiger partial charge on any atom is 0.337 e. The molecule has 0 radical (unpaired) electrons. The third kappa shape index (κ3) is 5.90. The molecular weight excluding hydrogens is 400 g/mol. The van der Waals surface area contributed by atoms with E-state index in [1.54, 1.807) is 24.3 Å². The number of methoxy groups -OCH3 is 1. The summed E-state index contributed by atoms with van der Waals surface area (Å²) in [6.45, 7) is 1.49. The van der Waals surface area contributed by atoms with Crippen molar-refractivity contribution in [3.05, 3.63) is 41.5 Å². The molecule has 2 aromatic rings. The Hall–Kier alpha value is -3.23. The minimum absolute atomic E-state index is 0.123. The van der Waals surface area contributed by atoms with Crippen LogP contribution in [-0.4, -0.2) is 35.0 Å². The van der Waals surface area contributed by atoms with Gasteiger partial charge in [0.05, 0.1) is 12.7 Å². The van der Waals surface area contributed by atoms with Gasteiger partial charge in [-0.25, -0.2) is 4.79 Å². The zero-order valence-corrected chi connectivity index (χ0v) is 17.9. The van der Waals surface area contributed by atoms with Gasteiger partial charge in [-0.3, -0.25) is 9.59 Å². The summed E-state index contributed by atoms with van der Waals surface area (Å²) in [5, 5.41) is 9.92. The van der Waals surface area contributed by atoms with Crippen LogP contribution >= 0.6 is 0 Å². The normalized spacial score (nSPS) is 15.5. The van der Waals surface area contributed by atoms with E-state index in [4.69, 9.17) is 4.52 Å². The van der Waals surface area contributed by atoms with Crippen molar-refractivity contribution in [2.75, 3.05) is 12.4 Å². The van der Waals surface area contributed by atoms with Crippen molar-refractivity contribution in [3.63, 3.8) is 0 Å². The zero-order valence-electron chi connectivity index (χ0n) is 17.9. The highest BCUT2D eigenvalue weighted by molar-refractivity contribution is 5.94. The maximum atomic E-state index is 12.3. The number of carbonyl (C=O) groups excluding carboxylic acids is 3. The predicted octanol–water partition coefficient (Wildman–Crippen LogP) is 3.11. The second-order valence-electron chi connectivity index (χ2n) is 7.81. The van der Waals surface area contributed by atoms with Gasteiger partial charge in [0.1, 0.15) is 5.54 Å². The Morgan fingerprint density at radius 2 is 1.90 bits per heavy atom. The number of rotatable bonds is 7. The van der Waals surface area contributed by atoms with Crippen LogP contribution in [0, 0.1) is 0 Å². The van der Waals surface area contributed by atoms with Crippen LogP contribution in [0.2, 0.25) is 0 Å². The number of benzene rings is 1. The van der Waals surface area contributed by atoms with Gasteiger partial charge in [-0.2, -0.15) is 4.98 Å². The van der Waals surface area contributed by atoms with Crippen molar-refractivity contribution in [2.45, 2.75) is 63.8 Å². The van der Waals surface area contributed by atoms with E-state index >= 15 is 0 Å². The van der Waals surface area contributed by atoms with E-state index in [-0.39, 0.29) is 24.7 Å². The highest BCUT2D eigenvalue weighted by atomic mass is 16.5. The first-order valence-corrected chi connectivity index (χ1v) is 10.5. The van der Waals surface area contributed by atoms with Gasteiger partial charge in [0.15, 0.2) is 5.82 Å². The first kappa shape index (κ1) is 22.5. The van der Waals surface area contributed by atoms with Crippen LogP contribution in [-0.2, 0) is 26.3 Å². The lowest BCUT2D eigenvalue weighted by molar-refractivity contribution is -0.121. The van der Waals surface area contributed by atoms with Gasteiger partial charge in [0.25, 0.3) is 0 Å². The highest BCUT2D eigenvalue weighted by Gasteiger charge is 2.38. The number of nitrogens with one attached hydrogen (secondary N) is 2. The van der Waals surface area contributed by atoms with Crippen LogP contribution in [0.3, 0.4) is 0 Å². The Kier molecular flexibility index (Phi) is 7.38. The van der Waals surface area contributed by atoms with Crippen molar-refractivity contribution in [2.24, 2.45) is 0 Å². The van der Waals surface area contributed by atoms with E-state index in [0.29, 0.717) is 23.0 Å². The fourth-order valence-corrected chi connectivity index (χ4v) is 3.91. The lowest BCUT2D eigenvalue weighted by Crippen LogP contribution is -2.45. The number of amides is 2. The van der Waals surface area contributed by atoms with Gasteiger partial charge >= 0.3 is 5.97 Å². The molecule has 1 saturated carbocycles. The number of hydrogen-bond acceptors (Lipinski definition) is 7. The number of aromatic nitrogens is 2. The zero-order chi connectivity index (χ0) is 22.3. The van der Waals surface area contributed by atoms with Crippen molar-refractivity contribution >= 4 is 23.5 Å². The Morgan fingerprint density at radius 1 is 1.16 bits per heavy atom. The molecule has 0 saturated heterocycles. The average Bonchev–Trinajstić information content (AvgIpc) is 3.12. The van der Waals surface area contributed by atoms with Crippen LogP contribution in [0.15, 0.2) is 28.8 Å². The summed E-state index contributed by atoms with van der Waals surface area (Å²) in [6, 6.07) is 6.52. The van der Waals surface area contributed by atoms with Gasteiger partial charge in [0.2, 0.25) is 17.7 Å². The van der Waals surface area contributed by atoms with Crippen molar-refractivity contribution in [1.82, 2.24) is 15.5 Å². The lowest BCUT2D eigenvalue weighted by Gasteiger charge is -2.30. The van der Waals surface area contributed by atoms with Crippen LogP contribution in [0.25, 0.3) is 0 Å². The lowest BCUT2D eigenvalue weighted by atomic mass is 9.89. The highest BCUT2D eigenvalue weighted by Crippen LogP contribution is 2.34. The molecule has 0 aliphatic heterocycles. The molecule has 9 heteroatoms. The fourth-order valence-electron chi connectivity index (χ4n) is 3.91. The fraction of sp³-hybridized carbons (Fsp3) is 0.500. The summed E-state index contributed by atoms with van der Waals surface area (Å²) >= 11 is 0. The standard InChI is InChI=1S/C22H28N4O5/c1-15(27)25-22(12-5-3-4-6-13-22)21-24-19(31-26-21)11-10-18(28)23-17-9-7-8-16(14-17)20(29)30-2/h7-9,14H,3-6,10-13H2,1-2H3,(H,23,28)(H,25,27). The van der Waals surface area contributed by atoms with E-state index < -0.39 is 11.5 Å². The molecule has 1 fully saturated rings. The number of carbonyl (C=O) groups is 3. The molecule has 1 aliphatic rings. The molecule has 0 bridgehead atoms. The topological polar surface area (TPSA) is 123 Å². The maximum absolute atomic E-state index is 12.3. The second kappa shape index (κ2) is 10.2. The third-order valence-electron chi connectivity index (χ3n) is 5.40. The van der Waals surface area contributed by atoms with E-state index in [9.17, 15) is 14.4 Å². The molecule has 9 nitrogen and oxygen atoms in total. The molecule has 166 valence electrons. The first-order valence-electron chi connectivity index (χ1n) is 10.5. The summed E-state index contributed by atoms with van der Waals surface area (Å²) in [7, 11) is 1.30. The van der Waals surface area contributed by atoms with Gasteiger partial charge < -0.3 is 19.9 Å². The van der Waals surface area contributed by atoms with Crippen LogP contribution in [0.4, 0.5) is 5.69 Å². The Bertz CT molecular complexity index is 931. The number of nitrogens with zero attached hydrogens (tertiary/aromatic N) is 2. The smallest absolute Gasteiger partial charge is 0.337 e. The number of hydrogen-bond donors (Lipinski definition) is 2. The van der Waals surface area contributed by atoms with E-state index in [1.807, 2.05) is 0 Å². The molecule has 0 atom stereocenters. The number of aryl methyl sites for hydroxylation is 1. The quantitative estimate of drug-likeness (QED) is 0.513. The van der Waals surface area contributed by atoms with Crippen molar-refractivity contribution in [1.29, 1.82) is 0 Å². The molecule has 2 amide bonds. The first-order chi connectivity index (χ1) is 14.9. The molecule has 2 N–H and O–H groups in total. The average molecular weight is 428 g/mol. The molecule has 1 aromatic carbocycles. The van der Waals surface area contributed by atoms with Crippen LogP contribution in [0.5, 0.6) is 0 Å². The molecule has 3 rings (SSSR count). The van der Waals surface area contributed by atoms with Gasteiger partial charge in [-0.05, 0) is 31.0 Å². The molecule has 1 aromatic heterocycles. The van der Waals surface area contributed by atoms with Crippen molar-refractivity contribution < 1.29 is 23.6 Å². The van der Waals surface area contributed by atoms with Crippen molar-refractivity contribution in [3.8, 4) is 0 Å². The van der Waals surface area contributed by atoms with E-state index in [0.717, 1.165) is 38.5 Å². The van der Waals surface area contributed by atoms with Crippen LogP contribution < -0.4 is 10.6 Å². The summed E-state index contributed by atoms with van der Waals surface area (Å²) in [6.07, 6.45) is 6.13. The molecule has 1 heterocycles. The van der Waals surface area contributed by atoms with Gasteiger partial charge in [-0.15, -0.1) is 0 Å². The molecule has 31 heavy (non-hydrogen) atoms. The SMILES string of the molecule is COC(=O)c1cccc(NC(=O)CCc2nc(C3(NC(C)=O)CCCCCC3)no2)c1. The third-order valence-corrected chi connectivity index (χ3v) is 5.40. The summed E-state index contributed by atoms with van der Waals surface area (Å²) < 4.78 is 10.1. The number of esters is 1. The van der Waals surface area contributed by atoms with E-state index in [2.05, 4.69) is 25.5 Å². The van der Waals surface area contributed by atoms with Crippen LogP contribution in [0.1, 0.15) is 73.9 Å². The Morgan fingerprint density at radius 3 is 2.58 bits per heavy atom. The minimum Gasteiger partial charge on any atom is -0.465 e. The number of anilines is 1. The van der Waals surface area contributed by atoms with Gasteiger partial charge in [-0.1, -0.05) is 36.9 Å². The summed E-state index contributed by atoms with van der Waals surface area (Å²) in [5.41, 5.74) is 0.247. The van der Waals surface area contributed by atoms with E-state index in [1.165, 1.54) is 14.0 Å². The largest absolute Gasteiger partial charge is 0.465 e. The molecular formula is C22H28N4O5. The monoisotopic (exact) mass is 428 g/mol. The summed E-state index contributed by atoms with van der Waals surface area (Å²) in [4.78, 5) is 40.2.